The molecule has 1 aromatic rings. The number of amides is 1. The molecule has 3 nitrogen and oxygen atoms in total. The number of pyridine rings is 1. The third-order valence-corrected chi connectivity index (χ3v) is 4.79. The van der Waals surface area contributed by atoms with Gasteiger partial charge in [0.25, 0.3) is 0 Å². The van der Waals surface area contributed by atoms with E-state index in [0.29, 0.717) is 17.9 Å². The molecule has 2 aliphatic rings. The third-order valence-electron chi connectivity index (χ3n) is 3.62. The van der Waals surface area contributed by atoms with Crippen molar-refractivity contribution in [2.24, 2.45) is 5.92 Å². The molecular weight excluding hydrogens is 232 g/mol. The highest BCUT2D eigenvalue weighted by atomic mass is 32.2. The Hall–Kier alpha value is -1.03. The average molecular weight is 248 g/mol. The van der Waals surface area contributed by atoms with Crippen molar-refractivity contribution in [1.29, 1.82) is 0 Å². The Balaban J connectivity index is 1.53. The summed E-state index contributed by atoms with van der Waals surface area (Å²) in [7, 11) is 0. The highest BCUT2D eigenvalue weighted by molar-refractivity contribution is 7.99. The van der Waals surface area contributed by atoms with Crippen molar-refractivity contribution in [3.8, 4) is 0 Å². The Morgan fingerprint density at radius 3 is 3.18 bits per heavy atom. The second-order valence-electron chi connectivity index (χ2n) is 4.82. The highest BCUT2D eigenvalue weighted by Gasteiger charge is 2.39. The fourth-order valence-electron chi connectivity index (χ4n) is 2.78. The lowest BCUT2D eigenvalue weighted by atomic mass is 10.1. The Morgan fingerprint density at radius 2 is 2.41 bits per heavy atom. The zero-order chi connectivity index (χ0) is 11.7. The van der Waals surface area contributed by atoms with Crippen molar-refractivity contribution in [3.63, 3.8) is 0 Å². The van der Waals surface area contributed by atoms with Gasteiger partial charge < -0.3 is 4.90 Å². The van der Waals surface area contributed by atoms with Gasteiger partial charge in [0.1, 0.15) is 0 Å². The van der Waals surface area contributed by atoms with Gasteiger partial charge in [-0.2, -0.15) is 0 Å². The van der Waals surface area contributed by atoms with E-state index in [1.807, 2.05) is 36.2 Å². The summed E-state index contributed by atoms with van der Waals surface area (Å²) < 4.78 is 0. The van der Waals surface area contributed by atoms with Gasteiger partial charge in [-0.25, -0.2) is 4.98 Å². The number of hydrogen-bond donors (Lipinski definition) is 0. The molecule has 2 saturated heterocycles. The summed E-state index contributed by atoms with van der Waals surface area (Å²) >= 11 is 1.81. The van der Waals surface area contributed by atoms with E-state index >= 15 is 0 Å². The predicted molar refractivity (Wildman–Crippen MR) is 67.8 cm³/mol. The first-order valence-electron chi connectivity index (χ1n) is 6.16. The Morgan fingerprint density at radius 1 is 1.47 bits per heavy atom. The molecule has 2 aliphatic heterocycles. The standard InChI is InChI=1S/C13H16N2OS/c16-13-5-4-11-7-10(8-15(11)13)9-17-12-3-1-2-6-14-12/h1-3,6,10-11H,4-5,7-9H2/t10-,11-/m1/s1. The molecule has 3 rings (SSSR count). The number of fused-ring (bicyclic) bond motifs is 1. The lowest BCUT2D eigenvalue weighted by molar-refractivity contribution is -0.128. The van der Waals surface area contributed by atoms with Gasteiger partial charge >= 0.3 is 0 Å². The van der Waals surface area contributed by atoms with Crippen molar-refractivity contribution < 1.29 is 4.79 Å². The smallest absolute Gasteiger partial charge is 0.222 e. The van der Waals surface area contributed by atoms with Crippen LogP contribution in [0.1, 0.15) is 19.3 Å². The molecule has 0 radical (unpaired) electrons. The number of rotatable bonds is 3. The second kappa shape index (κ2) is 4.69. The van der Waals surface area contributed by atoms with Gasteiger partial charge in [-0.3, -0.25) is 4.79 Å². The van der Waals surface area contributed by atoms with E-state index in [4.69, 9.17) is 0 Å². The van der Waals surface area contributed by atoms with Crippen molar-refractivity contribution >= 4 is 17.7 Å². The van der Waals surface area contributed by atoms with Crippen LogP contribution in [0.15, 0.2) is 29.4 Å². The van der Waals surface area contributed by atoms with Crippen LogP contribution in [0.3, 0.4) is 0 Å². The summed E-state index contributed by atoms with van der Waals surface area (Å²) in [5.41, 5.74) is 0. The molecule has 0 saturated carbocycles. The monoisotopic (exact) mass is 248 g/mol. The van der Waals surface area contributed by atoms with E-state index in [9.17, 15) is 4.79 Å². The summed E-state index contributed by atoms with van der Waals surface area (Å²) in [6.45, 7) is 0.962. The van der Waals surface area contributed by atoms with Crippen LogP contribution >= 0.6 is 11.8 Å². The molecule has 90 valence electrons. The molecule has 0 spiro atoms. The summed E-state index contributed by atoms with van der Waals surface area (Å²) in [4.78, 5) is 18.0. The zero-order valence-corrected chi connectivity index (χ0v) is 10.5. The van der Waals surface area contributed by atoms with Gasteiger partial charge in [0, 0.05) is 31.0 Å². The first-order chi connectivity index (χ1) is 8.33. The number of aromatic nitrogens is 1. The molecule has 0 unspecified atom stereocenters. The molecule has 0 bridgehead atoms. The predicted octanol–water partition coefficient (Wildman–Crippen LogP) is 2.18. The van der Waals surface area contributed by atoms with Crippen LogP contribution in [-0.4, -0.2) is 34.1 Å². The maximum atomic E-state index is 11.6. The van der Waals surface area contributed by atoms with Crippen molar-refractivity contribution in [3.05, 3.63) is 24.4 Å². The van der Waals surface area contributed by atoms with E-state index in [0.717, 1.165) is 30.2 Å². The Kier molecular flexibility index (Phi) is 3.05. The first kappa shape index (κ1) is 11.1. The maximum absolute atomic E-state index is 11.6. The number of thioether (sulfide) groups is 1. The van der Waals surface area contributed by atoms with E-state index in [-0.39, 0.29) is 0 Å². The minimum absolute atomic E-state index is 0.361. The topological polar surface area (TPSA) is 33.2 Å². The van der Waals surface area contributed by atoms with Crippen molar-refractivity contribution in [2.75, 3.05) is 12.3 Å². The lowest BCUT2D eigenvalue weighted by Crippen LogP contribution is -2.27. The molecule has 1 aromatic heterocycles. The molecule has 2 atom stereocenters. The molecule has 1 amide bonds. The van der Waals surface area contributed by atoms with Crippen molar-refractivity contribution in [2.45, 2.75) is 30.3 Å². The molecule has 17 heavy (non-hydrogen) atoms. The van der Waals surface area contributed by atoms with Gasteiger partial charge in [-0.05, 0) is 30.9 Å². The Labute approximate surface area is 106 Å². The first-order valence-corrected chi connectivity index (χ1v) is 7.15. The number of nitrogens with zero attached hydrogens (tertiary/aromatic N) is 2. The van der Waals surface area contributed by atoms with Crippen molar-refractivity contribution in [1.82, 2.24) is 9.88 Å². The van der Waals surface area contributed by atoms with E-state index in [2.05, 4.69) is 9.88 Å². The van der Waals surface area contributed by atoms with Gasteiger partial charge in [-0.15, -0.1) is 11.8 Å². The van der Waals surface area contributed by atoms with Crippen LogP contribution < -0.4 is 0 Å². The molecular formula is C13H16N2OS. The van der Waals surface area contributed by atoms with Crippen LogP contribution in [0.5, 0.6) is 0 Å². The Bertz CT molecular complexity index is 409. The van der Waals surface area contributed by atoms with E-state index in [1.54, 1.807) is 0 Å². The molecule has 0 N–H and O–H groups in total. The zero-order valence-electron chi connectivity index (χ0n) is 9.71. The van der Waals surface area contributed by atoms with Gasteiger partial charge in [-0.1, -0.05) is 6.07 Å². The van der Waals surface area contributed by atoms with Crippen LogP contribution in [0, 0.1) is 5.92 Å². The SMILES string of the molecule is O=C1CC[C@@H]2C[C@@H](CSc3ccccn3)CN12. The molecule has 4 heteroatoms. The molecule has 0 aromatic carbocycles. The fourth-order valence-corrected chi connectivity index (χ4v) is 3.74. The second-order valence-corrected chi connectivity index (χ2v) is 5.86. The van der Waals surface area contributed by atoms with Crippen LogP contribution in [0.4, 0.5) is 0 Å². The number of carbonyl (C=O) groups is 1. The summed E-state index contributed by atoms with van der Waals surface area (Å²) in [5.74, 6) is 2.09. The minimum Gasteiger partial charge on any atom is -0.339 e. The number of carbonyl (C=O) groups excluding carboxylic acids is 1. The normalized spacial score (nSPS) is 27.5. The number of hydrogen-bond acceptors (Lipinski definition) is 3. The lowest BCUT2D eigenvalue weighted by Gasteiger charge is -2.14. The van der Waals surface area contributed by atoms with Gasteiger partial charge in [0.05, 0.1) is 5.03 Å². The summed E-state index contributed by atoms with van der Waals surface area (Å²) in [6, 6.07) is 6.54. The van der Waals surface area contributed by atoms with Crippen LogP contribution in [0.25, 0.3) is 0 Å². The third kappa shape index (κ3) is 2.32. The van der Waals surface area contributed by atoms with E-state index < -0.39 is 0 Å². The van der Waals surface area contributed by atoms with Crippen LogP contribution in [0.2, 0.25) is 0 Å². The summed E-state index contributed by atoms with van der Waals surface area (Å²) in [6.07, 6.45) is 4.86. The average Bonchev–Trinajstić information content (AvgIpc) is 2.91. The molecule has 2 fully saturated rings. The largest absolute Gasteiger partial charge is 0.339 e. The van der Waals surface area contributed by atoms with Gasteiger partial charge in [0.2, 0.25) is 5.91 Å². The minimum atomic E-state index is 0.361. The van der Waals surface area contributed by atoms with Crippen LogP contribution in [-0.2, 0) is 4.79 Å². The summed E-state index contributed by atoms with van der Waals surface area (Å²) in [5, 5.41) is 1.09. The van der Waals surface area contributed by atoms with Gasteiger partial charge in [0.15, 0.2) is 0 Å². The quantitative estimate of drug-likeness (QED) is 0.769. The molecule has 0 aliphatic carbocycles. The maximum Gasteiger partial charge on any atom is 0.222 e. The van der Waals surface area contributed by atoms with E-state index in [1.165, 1.54) is 6.42 Å². The fraction of sp³-hybridized carbons (Fsp3) is 0.538. The highest BCUT2D eigenvalue weighted by Crippen LogP contribution is 2.34. The molecule has 3 heterocycles.